The predicted molar refractivity (Wildman–Crippen MR) is 122 cm³/mol. The summed E-state index contributed by atoms with van der Waals surface area (Å²) in [6.45, 7) is 6.34. The first kappa shape index (κ1) is 21.2. The molecule has 2 aromatic heterocycles. The summed E-state index contributed by atoms with van der Waals surface area (Å²) in [5.41, 5.74) is 9.02. The molecule has 0 spiro atoms. The smallest absolute Gasteiger partial charge is 0.0957 e. The van der Waals surface area contributed by atoms with E-state index in [0.29, 0.717) is 0 Å². The van der Waals surface area contributed by atoms with E-state index in [-0.39, 0.29) is 20.1 Å². The number of benzene rings is 3. The molecule has 0 saturated heterocycles. The number of hydrogen-bond donors (Lipinski definition) is 0. The first-order chi connectivity index (χ1) is 14.5. The Morgan fingerprint density at radius 1 is 0.903 bits per heavy atom. The molecule has 4 nitrogen and oxygen atoms in total. The van der Waals surface area contributed by atoms with Crippen molar-refractivity contribution in [3.05, 3.63) is 90.0 Å². The van der Waals surface area contributed by atoms with Crippen LogP contribution in [0.15, 0.2) is 67.0 Å². The molecule has 0 bridgehead atoms. The number of hydrogen-bond acceptors (Lipinski definition) is 2. The van der Waals surface area contributed by atoms with Gasteiger partial charge in [0, 0.05) is 50.8 Å². The van der Waals surface area contributed by atoms with Crippen LogP contribution in [0.5, 0.6) is 0 Å². The predicted octanol–water partition coefficient (Wildman–Crippen LogP) is 5.82. The summed E-state index contributed by atoms with van der Waals surface area (Å²) in [4.78, 5) is 9.33. The van der Waals surface area contributed by atoms with Crippen LogP contribution in [-0.2, 0) is 27.2 Å². The fourth-order valence-corrected chi connectivity index (χ4v) is 4.20. The monoisotopic (exact) mass is 584 g/mol. The van der Waals surface area contributed by atoms with Gasteiger partial charge in [0.2, 0.25) is 0 Å². The van der Waals surface area contributed by atoms with Crippen LogP contribution in [0.2, 0.25) is 0 Å². The molecule has 0 fully saturated rings. The van der Waals surface area contributed by atoms with Crippen LogP contribution >= 0.6 is 0 Å². The van der Waals surface area contributed by atoms with Gasteiger partial charge < -0.3 is 9.13 Å². The van der Waals surface area contributed by atoms with Gasteiger partial charge in [-0.3, -0.25) is 9.97 Å². The van der Waals surface area contributed by atoms with Crippen LogP contribution in [0.1, 0.15) is 17.0 Å². The van der Waals surface area contributed by atoms with Crippen LogP contribution in [0.4, 0.5) is 0 Å². The summed E-state index contributed by atoms with van der Waals surface area (Å²) in [6.07, 6.45) is 3.87. The first-order valence-electron chi connectivity index (χ1n) is 10.1. The Hall–Kier alpha value is -3.01. The standard InChI is InChI=1S/C26H23N4.Ir/c1-17-14-22(20-8-6-5-7-9-20)15-18(2)25(17)30-13-12-27-26(30)21-10-11-24-23(16-21)28-19(3)29(24)4;/h5-9,11-16H,1-4H3;/q-1;. The Bertz CT molecular complexity index is 1360. The van der Waals surface area contributed by atoms with Crippen molar-refractivity contribution in [2.45, 2.75) is 20.8 Å². The average molecular weight is 584 g/mol. The SMILES string of the molecule is Cc1cc(-c2ccccc2)cc(C)c1-n1ccnc1-c1[c-]cc2c(c1)nc(C)n2C.[Ir]. The topological polar surface area (TPSA) is 35.6 Å². The maximum Gasteiger partial charge on any atom is 0.0957 e. The zero-order chi connectivity index (χ0) is 20.8. The van der Waals surface area contributed by atoms with Crippen LogP contribution in [0, 0.1) is 26.8 Å². The summed E-state index contributed by atoms with van der Waals surface area (Å²) in [5, 5.41) is 0. The molecule has 0 unspecified atom stereocenters. The van der Waals surface area contributed by atoms with Crippen molar-refractivity contribution in [2.75, 3.05) is 0 Å². The minimum Gasteiger partial charge on any atom is -0.371 e. The summed E-state index contributed by atoms with van der Waals surface area (Å²) in [7, 11) is 2.03. The fraction of sp³-hybridized carbons (Fsp3) is 0.154. The van der Waals surface area contributed by atoms with Gasteiger partial charge in [0.1, 0.15) is 0 Å². The van der Waals surface area contributed by atoms with Gasteiger partial charge in [-0.1, -0.05) is 30.3 Å². The van der Waals surface area contributed by atoms with Crippen LogP contribution in [0.3, 0.4) is 0 Å². The minimum absolute atomic E-state index is 0. The second-order valence-corrected chi connectivity index (χ2v) is 7.78. The van der Waals surface area contributed by atoms with E-state index in [1.807, 2.05) is 38.5 Å². The molecule has 157 valence electrons. The third-order valence-electron chi connectivity index (χ3n) is 5.76. The van der Waals surface area contributed by atoms with E-state index in [9.17, 15) is 0 Å². The van der Waals surface area contributed by atoms with Gasteiger partial charge in [0.05, 0.1) is 11.6 Å². The van der Waals surface area contributed by atoms with Gasteiger partial charge in [0.15, 0.2) is 0 Å². The molecule has 0 saturated carbocycles. The molecule has 5 rings (SSSR count). The van der Waals surface area contributed by atoms with Crippen LogP contribution in [-0.4, -0.2) is 19.1 Å². The van der Waals surface area contributed by atoms with Gasteiger partial charge in [-0.15, -0.1) is 23.8 Å². The van der Waals surface area contributed by atoms with E-state index >= 15 is 0 Å². The molecule has 2 heterocycles. The van der Waals surface area contributed by atoms with E-state index in [1.54, 1.807) is 0 Å². The van der Waals surface area contributed by atoms with Crippen molar-refractivity contribution in [3.8, 4) is 28.2 Å². The molecule has 1 radical (unpaired) electrons. The Morgan fingerprint density at radius 2 is 1.61 bits per heavy atom. The van der Waals surface area contributed by atoms with Gasteiger partial charge in [-0.25, -0.2) is 0 Å². The quantitative estimate of drug-likeness (QED) is 0.251. The molecule has 0 aliphatic rings. The normalized spacial score (nSPS) is 11.0. The molecular weight excluding hydrogens is 561 g/mol. The van der Waals surface area contributed by atoms with Gasteiger partial charge in [-0.05, 0) is 60.7 Å². The summed E-state index contributed by atoms with van der Waals surface area (Å²) in [6, 6.07) is 22.5. The summed E-state index contributed by atoms with van der Waals surface area (Å²) in [5.74, 6) is 1.86. The largest absolute Gasteiger partial charge is 0.371 e. The van der Waals surface area contributed by atoms with Gasteiger partial charge >= 0.3 is 0 Å². The van der Waals surface area contributed by atoms with Crippen molar-refractivity contribution in [1.82, 2.24) is 19.1 Å². The minimum atomic E-state index is 0. The second-order valence-electron chi connectivity index (χ2n) is 7.78. The van der Waals surface area contributed by atoms with E-state index < -0.39 is 0 Å². The van der Waals surface area contributed by atoms with E-state index in [0.717, 1.165) is 33.9 Å². The second kappa shape index (κ2) is 8.26. The van der Waals surface area contributed by atoms with Crippen molar-refractivity contribution < 1.29 is 20.1 Å². The van der Waals surface area contributed by atoms with Gasteiger partial charge in [-0.2, -0.15) is 0 Å². The van der Waals surface area contributed by atoms with Crippen molar-refractivity contribution in [1.29, 1.82) is 0 Å². The van der Waals surface area contributed by atoms with Gasteiger partial charge in [0.25, 0.3) is 0 Å². The summed E-state index contributed by atoms with van der Waals surface area (Å²) < 4.78 is 4.24. The maximum atomic E-state index is 4.67. The molecule has 0 N–H and O–H groups in total. The van der Waals surface area contributed by atoms with Crippen molar-refractivity contribution >= 4 is 11.0 Å². The number of imidazole rings is 2. The average Bonchev–Trinajstić information content (AvgIpc) is 3.33. The van der Waals surface area contributed by atoms with Crippen LogP contribution < -0.4 is 0 Å². The molecular formula is C26H23IrN4-. The zero-order valence-electron chi connectivity index (χ0n) is 18.0. The van der Waals surface area contributed by atoms with Crippen molar-refractivity contribution in [3.63, 3.8) is 0 Å². The Balaban J connectivity index is 0.00000231. The molecule has 0 aliphatic heterocycles. The molecule has 0 atom stereocenters. The molecule has 31 heavy (non-hydrogen) atoms. The molecule has 5 aromatic rings. The molecule has 0 amide bonds. The molecule has 0 aliphatic carbocycles. The maximum absolute atomic E-state index is 4.67. The summed E-state index contributed by atoms with van der Waals surface area (Å²) >= 11 is 0. The van der Waals surface area contributed by atoms with Crippen LogP contribution in [0.25, 0.3) is 39.2 Å². The molecule has 5 heteroatoms. The van der Waals surface area contributed by atoms with E-state index in [1.165, 1.54) is 22.3 Å². The Labute approximate surface area is 195 Å². The number of fused-ring (bicyclic) bond motifs is 1. The Morgan fingerprint density at radius 3 is 2.32 bits per heavy atom. The fourth-order valence-electron chi connectivity index (χ4n) is 4.20. The third-order valence-corrected chi connectivity index (χ3v) is 5.76. The number of nitrogens with zero attached hydrogens (tertiary/aromatic N) is 4. The molecule has 3 aromatic carbocycles. The van der Waals surface area contributed by atoms with Crippen molar-refractivity contribution in [2.24, 2.45) is 7.05 Å². The first-order valence-corrected chi connectivity index (χ1v) is 10.1. The number of rotatable bonds is 3. The Kier molecular flexibility index (Phi) is 5.65. The number of aromatic nitrogens is 4. The van der Waals surface area contributed by atoms with E-state index in [2.05, 4.69) is 81.5 Å². The number of aryl methyl sites for hydroxylation is 4. The zero-order valence-corrected chi connectivity index (χ0v) is 20.4. The third kappa shape index (κ3) is 3.65. The van der Waals surface area contributed by atoms with E-state index in [4.69, 9.17) is 0 Å².